The molecule has 0 N–H and O–H groups in total. The van der Waals surface area contributed by atoms with Gasteiger partial charge in [-0.05, 0) is 18.2 Å². The van der Waals surface area contributed by atoms with E-state index in [1.54, 1.807) is 36.1 Å². The molecule has 25 heavy (non-hydrogen) atoms. The van der Waals surface area contributed by atoms with Crippen molar-refractivity contribution >= 4 is 17.0 Å². The van der Waals surface area contributed by atoms with E-state index in [0.29, 0.717) is 17.2 Å². The van der Waals surface area contributed by atoms with E-state index in [2.05, 4.69) is 15.3 Å². The highest BCUT2D eigenvalue weighted by Gasteiger charge is 2.13. The van der Waals surface area contributed by atoms with Crippen LogP contribution < -0.4 is 0 Å². The second kappa shape index (κ2) is 6.20. The summed E-state index contributed by atoms with van der Waals surface area (Å²) in [5.41, 5.74) is 2.82. The van der Waals surface area contributed by atoms with Crippen molar-refractivity contribution in [3.05, 3.63) is 66.2 Å². The number of aryl methyl sites for hydroxylation is 1. The lowest BCUT2D eigenvalue weighted by molar-refractivity contribution is 0.0439. The first kappa shape index (κ1) is 15.1. The summed E-state index contributed by atoms with van der Waals surface area (Å²) in [6, 6.07) is 14.7. The van der Waals surface area contributed by atoms with Crippen LogP contribution in [0.5, 0.6) is 0 Å². The monoisotopic (exact) mass is 334 g/mol. The van der Waals surface area contributed by atoms with Gasteiger partial charge in [0.05, 0.1) is 17.3 Å². The van der Waals surface area contributed by atoms with Crippen molar-refractivity contribution in [2.45, 2.75) is 6.61 Å². The van der Waals surface area contributed by atoms with E-state index in [4.69, 9.17) is 9.15 Å². The zero-order valence-corrected chi connectivity index (χ0v) is 13.4. The topological polar surface area (TPSA) is 83.0 Å². The van der Waals surface area contributed by atoms with Gasteiger partial charge in [-0.15, -0.1) is 5.10 Å². The fourth-order valence-electron chi connectivity index (χ4n) is 2.48. The van der Waals surface area contributed by atoms with Gasteiger partial charge in [0, 0.05) is 12.6 Å². The maximum atomic E-state index is 12.2. The molecule has 2 heterocycles. The number of nitrogens with zero attached hydrogens (tertiary/aromatic N) is 4. The molecule has 7 heteroatoms. The molecule has 4 rings (SSSR count). The Balaban J connectivity index is 1.46. The molecule has 0 saturated heterocycles. The van der Waals surface area contributed by atoms with Crippen molar-refractivity contribution in [2.24, 2.45) is 7.05 Å². The summed E-state index contributed by atoms with van der Waals surface area (Å²) >= 11 is 0. The second-order valence-electron chi connectivity index (χ2n) is 5.48. The predicted molar refractivity (Wildman–Crippen MR) is 89.6 cm³/mol. The number of aromatic nitrogens is 4. The summed E-state index contributed by atoms with van der Waals surface area (Å²) in [7, 11) is 1.77. The molecule has 2 aromatic heterocycles. The first-order valence-corrected chi connectivity index (χ1v) is 7.67. The highest BCUT2D eigenvalue weighted by molar-refractivity contribution is 5.93. The fraction of sp³-hybridized carbons (Fsp3) is 0.111. The molecule has 0 atom stereocenters. The molecule has 7 nitrogen and oxygen atoms in total. The van der Waals surface area contributed by atoms with Crippen LogP contribution in [-0.2, 0) is 18.4 Å². The highest BCUT2D eigenvalue weighted by Crippen LogP contribution is 2.20. The van der Waals surface area contributed by atoms with Gasteiger partial charge in [0.1, 0.15) is 5.52 Å². The molecule has 2 aromatic carbocycles. The summed E-state index contributed by atoms with van der Waals surface area (Å²) < 4.78 is 12.5. The van der Waals surface area contributed by atoms with Crippen molar-refractivity contribution in [3.63, 3.8) is 0 Å². The minimum absolute atomic E-state index is 0.0344. The Morgan fingerprint density at radius 1 is 1.20 bits per heavy atom. The third-order valence-electron chi connectivity index (χ3n) is 3.78. The molecule has 0 saturated carbocycles. The standard InChI is InChI=1S/C18H14N4O3/c1-22-15-9-13(7-8-14(15)20-21-22)18(23)24-11-17-19-10-16(25-17)12-5-3-2-4-6-12/h2-10H,11H2,1H3. The molecule has 4 aromatic rings. The third-order valence-corrected chi connectivity index (χ3v) is 3.78. The molecular weight excluding hydrogens is 320 g/mol. The fourth-order valence-corrected chi connectivity index (χ4v) is 2.48. The SMILES string of the molecule is Cn1nnc2ccc(C(=O)OCc3ncc(-c4ccccc4)o3)cc21. The Morgan fingerprint density at radius 2 is 2.04 bits per heavy atom. The van der Waals surface area contributed by atoms with Crippen molar-refractivity contribution in [2.75, 3.05) is 0 Å². The first-order chi connectivity index (χ1) is 12.2. The molecule has 0 spiro atoms. The summed E-state index contributed by atoms with van der Waals surface area (Å²) in [5.74, 6) is 0.520. The Labute approximate surface area is 142 Å². The number of ether oxygens (including phenoxy) is 1. The van der Waals surface area contributed by atoms with Crippen molar-refractivity contribution < 1.29 is 13.9 Å². The van der Waals surface area contributed by atoms with Crippen LogP contribution in [0.15, 0.2) is 59.1 Å². The number of benzene rings is 2. The van der Waals surface area contributed by atoms with Crippen molar-refractivity contribution in [1.82, 2.24) is 20.0 Å². The van der Waals surface area contributed by atoms with E-state index in [1.807, 2.05) is 30.3 Å². The van der Waals surface area contributed by atoms with Crippen LogP contribution in [0.1, 0.15) is 16.2 Å². The minimum Gasteiger partial charge on any atom is -0.452 e. The van der Waals surface area contributed by atoms with Gasteiger partial charge in [-0.2, -0.15) is 0 Å². The molecule has 0 aliphatic rings. The molecule has 0 radical (unpaired) electrons. The van der Waals surface area contributed by atoms with E-state index in [0.717, 1.165) is 16.6 Å². The van der Waals surface area contributed by atoms with Crippen molar-refractivity contribution in [3.8, 4) is 11.3 Å². The minimum atomic E-state index is -0.456. The van der Waals surface area contributed by atoms with Crippen LogP contribution in [0.2, 0.25) is 0 Å². The van der Waals surface area contributed by atoms with Gasteiger partial charge < -0.3 is 9.15 Å². The summed E-state index contributed by atoms with van der Waals surface area (Å²) in [6.45, 7) is -0.0344. The number of hydrogen-bond acceptors (Lipinski definition) is 6. The van der Waals surface area contributed by atoms with Gasteiger partial charge in [-0.25, -0.2) is 14.5 Å². The maximum Gasteiger partial charge on any atom is 0.338 e. The number of carbonyl (C=O) groups excluding carboxylic acids is 1. The normalized spacial score (nSPS) is 10.9. The van der Waals surface area contributed by atoms with Gasteiger partial charge in [-0.3, -0.25) is 0 Å². The van der Waals surface area contributed by atoms with E-state index < -0.39 is 5.97 Å². The molecular formula is C18H14N4O3. The average Bonchev–Trinajstić information content (AvgIpc) is 3.27. The highest BCUT2D eigenvalue weighted by atomic mass is 16.5. The van der Waals surface area contributed by atoms with Crippen LogP contribution in [0.25, 0.3) is 22.4 Å². The van der Waals surface area contributed by atoms with Gasteiger partial charge >= 0.3 is 5.97 Å². The number of fused-ring (bicyclic) bond motifs is 1. The van der Waals surface area contributed by atoms with Gasteiger partial charge in [-0.1, -0.05) is 35.5 Å². The lowest BCUT2D eigenvalue weighted by atomic mass is 10.2. The first-order valence-electron chi connectivity index (χ1n) is 7.67. The quantitative estimate of drug-likeness (QED) is 0.534. The van der Waals surface area contributed by atoms with E-state index in [1.165, 1.54) is 0 Å². The molecule has 0 amide bonds. The molecule has 0 aliphatic heterocycles. The molecule has 0 fully saturated rings. The van der Waals surface area contributed by atoms with Crippen molar-refractivity contribution in [1.29, 1.82) is 0 Å². The number of esters is 1. The van der Waals surface area contributed by atoms with Gasteiger partial charge in [0.2, 0.25) is 5.89 Å². The van der Waals surface area contributed by atoms with E-state index in [-0.39, 0.29) is 6.61 Å². The largest absolute Gasteiger partial charge is 0.452 e. The van der Waals surface area contributed by atoms with Crippen LogP contribution >= 0.6 is 0 Å². The zero-order valence-electron chi connectivity index (χ0n) is 13.4. The Kier molecular flexibility index (Phi) is 3.74. The summed E-state index contributed by atoms with van der Waals surface area (Å²) in [4.78, 5) is 16.4. The van der Waals surface area contributed by atoms with Crippen LogP contribution in [0.3, 0.4) is 0 Å². The number of carbonyl (C=O) groups is 1. The van der Waals surface area contributed by atoms with Crippen LogP contribution in [0.4, 0.5) is 0 Å². The average molecular weight is 334 g/mol. The predicted octanol–water partition coefficient (Wildman–Crippen LogP) is 2.98. The van der Waals surface area contributed by atoms with E-state index >= 15 is 0 Å². The summed E-state index contributed by atoms with van der Waals surface area (Å²) in [6.07, 6.45) is 1.62. The molecule has 0 aliphatic carbocycles. The van der Waals surface area contributed by atoms with E-state index in [9.17, 15) is 4.79 Å². The lowest BCUT2D eigenvalue weighted by Crippen LogP contribution is -2.05. The Hall–Kier alpha value is -3.48. The second-order valence-corrected chi connectivity index (χ2v) is 5.48. The smallest absolute Gasteiger partial charge is 0.338 e. The Morgan fingerprint density at radius 3 is 2.88 bits per heavy atom. The summed E-state index contributed by atoms with van der Waals surface area (Å²) in [5, 5.41) is 7.89. The zero-order chi connectivity index (χ0) is 17.2. The number of oxazole rings is 1. The van der Waals surface area contributed by atoms with Gasteiger partial charge in [0.15, 0.2) is 12.4 Å². The molecule has 0 bridgehead atoms. The van der Waals surface area contributed by atoms with Crippen LogP contribution in [-0.4, -0.2) is 25.9 Å². The maximum absolute atomic E-state index is 12.2. The molecule has 124 valence electrons. The molecule has 0 unspecified atom stereocenters. The van der Waals surface area contributed by atoms with Gasteiger partial charge in [0.25, 0.3) is 0 Å². The van der Waals surface area contributed by atoms with Crippen LogP contribution in [0, 0.1) is 0 Å². The number of hydrogen-bond donors (Lipinski definition) is 0. The lowest BCUT2D eigenvalue weighted by Gasteiger charge is -2.03. The third kappa shape index (κ3) is 2.99. The Bertz CT molecular complexity index is 1040. The number of rotatable bonds is 4.